The molecule has 0 saturated carbocycles. The van der Waals surface area contributed by atoms with E-state index in [1.54, 1.807) is 12.1 Å². The zero-order valence-electron chi connectivity index (χ0n) is 14.1. The van der Waals surface area contributed by atoms with Crippen molar-refractivity contribution in [1.29, 1.82) is 0 Å². The Balaban J connectivity index is 1.96. The van der Waals surface area contributed by atoms with Crippen molar-refractivity contribution in [3.8, 4) is 0 Å². The van der Waals surface area contributed by atoms with Gasteiger partial charge in [0.2, 0.25) is 0 Å². The summed E-state index contributed by atoms with van der Waals surface area (Å²) in [7, 11) is 3.65. The predicted octanol–water partition coefficient (Wildman–Crippen LogP) is 4.60. The first kappa shape index (κ1) is 17.5. The van der Waals surface area contributed by atoms with Crippen LogP contribution in [0.2, 0.25) is 5.02 Å². The molecule has 130 valence electrons. The smallest absolute Gasteiger partial charge is 0.307 e. The van der Waals surface area contributed by atoms with E-state index in [0.29, 0.717) is 16.3 Å². The molecule has 2 aromatic rings. The zero-order chi connectivity index (χ0) is 18.1. The molecule has 1 N–H and O–H groups in total. The Morgan fingerprint density at radius 2 is 1.96 bits per heavy atom. The molecule has 0 bridgehead atoms. The highest BCUT2D eigenvalue weighted by atomic mass is 35.5. The standard InChI is InChI=1S/C19H19ClFN3O/c1-12-13-7-4-5-10-16(13)22-19(25)24(12)11-17(23(2)3)18-14(20)8-6-9-15(18)21/h4-10,17H,1,11H2,2-3H3,(H,22,25)/t17-/m1/s1. The summed E-state index contributed by atoms with van der Waals surface area (Å²) in [6.45, 7) is 4.29. The second kappa shape index (κ2) is 6.86. The van der Waals surface area contributed by atoms with Crippen LogP contribution in [0.3, 0.4) is 0 Å². The number of hydrogen-bond donors (Lipinski definition) is 1. The maximum absolute atomic E-state index is 14.4. The van der Waals surface area contributed by atoms with Crippen LogP contribution in [0.4, 0.5) is 14.9 Å². The lowest BCUT2D eigenvalue weighted by molar-refractivity contribution is 0.206. The number of nitrogens with one attached hydrogen (secondary N) is 1. The molecule has 1 atom stereocenters. The van der Waals surface area contributed by atoms with Crippen molar-refractivity contribution in [1.82, 2.24) is 9.80 Å². The molecule has 0 aliphatic carbocycles. The molecule has 4 nitrogen and oxygen atoms in total. The van der Waals surface area contributed by atoms with Gasteiger partial charge in [0.15, 0.2) is 0 Å². The molecular formula is C19H19ClFN3O. The monoisotopic (exact) mass is 359 g/mol. The Morgan fingerprint density at radius 3 is 2.64 bits per heavy atom. The van der Waals surface area contributed by atoms with E-state index in [2.05, 4.69) is 11.9 Å². The topological polar surface area (TPSA) is 35.6 Å². The summed E-state index contributed by atoms with van der Waals surface area (Å²) in [4.78, 5) is 15.9. The van der Waals surface area contributed by atoms with Gasteiger partial charge in [-0.3, -0.25) is 4.90 Å². The second-order valence-corrected chi connectivity index (χ2v) is 6.55. The molecule has 0 saturated heterocycles. The van der Waals surface area contributed by atoms with Crippen molar-refractivity contribution < 1.29 is 9.18 Å². The van der Waals surface area contributed by atoms with Crippen LogP contribution in [0.15, 0.2) is 49.0 Å². The third kappa shape index (κ3) is 3.25. The number of likely N-dealkylation sites (N-methyl/N-ethyl adjacent to an activating group) is 1. The van der Waals surface area contributed by atoms with Gasteiger partial charge in [-0.05, 0) is 32.3 Å². The fourth-order valence-corrected chi connectivity index (χ4v) is 3.29. The van der Waals surface area contributed by atoms with Gasteiger partial charge in [-0.1, -0.05) is 42.4 Å². The molecule has 25 heavy (non-hydrogen) atoms. The lowest BCUT2D eigenvalue weighted by Crippen LogP contribution is -2.42. The number of anilines is 1. The van der Waals surface area contributed by atoms with Gasteiger partial charge in [-0.15, -0.1) is 0 Å². The van der Waals surface area contributed by atoms with Crippen molar-refractivity contribution in [2.75, 3.05) is 26.0 Å². The largest absolute Gasteiger partial charge is 0.326 e. The lowest BCUT2D eigenvalue weighted by Gasteiger charge is -2.36. The van der Waals surface area contributed by atoms with E-state index in [0.717, 1.165) is 11.3 Å². The molecule has 3 rings (SSSR count). The van der Waals surface area contributed by atoms with Crippen LogP contribution in [0.1, 0.15) is 17.2 Å². The average Bonchev–Trinajstić information content (AvgIpc) is 2.56. The van der Waals surface area contributed by atoms with E-state index in [4.69, 9.17) is 11.6 Å². The van der Waals surface area contributed by atoms with Crippen LogP contribution in [-0.2, 0) is 0 Å². The van der Waals surface area contributed by atoms with E-state index >= 15 is 0 Å². The minimum Gasteiger partial charge on any atom is -0.307 e. The molecule has 2 aromatic carbocycles. The molecule has 6 heteroatoms. The fourth-order valence-electron chi connectivity index (χ4n) is 3.00. The minimum absolute atomic E-state index is 0.229. The minimum atomic E-state index is -0.415. The number of carbonyl (C=O) groups excluding carboxylic acids is 1. The van der Waals surface area contributed by atoms with E-state index in [1.807, 2.05) is 43.3 Å². The number of para-hydroxylation sites is 1. The number of urea groups is 1. The summed E-state index contributed by atoms with van der Waals surface area (Å²) < 4.78 is 14.4. The van der Waals surface area contributed by atoms with E-state index in [9.17, 15) is 9.18 Å². The van der Waals surface area contributed by atoms with Gasteiger partial charge in [0.1, 0.15) is 5.82 Å². The maximum Gasteiger partial charge on any atom is 0.326 e. The zero-order valence-corrected chi connectivity index (χ0v) is 14.8. The van der Waals surface area contributed by atoms with Gasteiger partial charge >= 0.3 is 6.03 Å². The number of fused-ring (bicyclic) bond motifs is 1. The third-order valence-electron chi connectivity index (χ3n) is 4.36. The van der Waals surface area contributed by atoms with Crippen LogP contribution in [-0.4, -0.2) is 36.5 Å². The first-order valence-electron chi connectivity index (χ1n) is 7.87. The highest BCUT2D eigenvalue weighted by Gasteiger charge is 2.31. The third-order valence-corrected chi connectivity index (χ3v) is 4.69. The molecule has 1 aliphatic heterocycles. The first-order chi connectivity index (χ1) is 11.9. The van der Waals surface area contributed by atoms with Crippen LogP contribution in [0.5, 0.6) is 0 Å². The molecule has 0 aromatic heterocycles. The van der Waals surface area contributed by atoms with E-state index in [-0.39, 0.29) is 12.6 Å². The van der Waals surface area contributed by atoms with E-state index < -0.39 is 11.9 Å². The second-order valence-electron chi connectivity index (χ2n) is 6.15. The maximum atomic E-state index is 14.4. The van der Waals surface area contributed by atoms with Crippen molar-refractivity contribution in [2.45, 2.75) is 6.04 Å². The summed E-state index contributed by atoms with van der Waals surface area (Å²) >= 11 is 6.23. The summed E-state index contributed by atoms with van der Waals surface area (Å²) in [5.74, 6) is -0.394. The van der Waals surface area contributed by atoms with Crippen LogP contribution in [0.25, 0.3) is 5.70 Å². The molecule has 0 fully saturated rings. The number of benzene rings is 2. The number of amides is 2. The molecule has 0 spiro atoms. The Morgan fingerprint density at radius 1 is 1.24 bits per heavy atom. The predicted molar refractivity (Wildman–Crippen MR) is 99.0 cm³/mol. The summed E-state index contributed by atoms with van der Waals surface area (Å²) in [5, 5.41) is 3.18. The summed E-state index contributed by atoms with van der Waals surface area (Å²) in [6.07, 6.45) is 0. The average molecular weight is 360 g/mol. The molecular weight excluding hydrogens is 341 g/mol. The number of rotatable bonds is 4. The van der Waals surface area contributed by atoms with Crippen molar-refractivity contribution in [2.24, 2.45) is 0 Å². The van der Waals surface area contributed by atoms with Gasteiger partial charge in [0.25, 0.3) is 0 Å². The Hall–Kier alpha value is -2.37. The highest BCUT2D eigenvalue weighted by molar-refractivity contribution is 6.31. The van der Waals surface area contributed by atoms with Gasteiger partial charge in [-0.2, -0.15) is 0 Å². The van der Waals surface area contributed by atoms with Gasteiger partial charge in [0, 0.05) is 28.4 Å². The van der Waals surface area contributed by atoms with Crippen LogP contribution < -0.4 is 5.32 Å². The summed E-state index contributed by atoms with van der Waals surface area (Å²) in [6, 6.07) is 11.3. The molecule has 1 aliphatic rings. The fraction of sp³-hybridized carbons (Fsp3) is 0.211. The normalized spacial score (nSPS) is 15.2. The SMILES string of the molecule is C=C1c2ccccc2NC(=O)N1C[C@H](c1c(F)cccc1Cl)N(C)C. The molecule has 0 radical (unpaired) electrons. The first-order valence-corrected chi connectivity index (χ1v) is 8.25. The van der Waals surface area contributed by atoms with Crippen molar-refractivity contribution in [3.63, 3.8) is 0 Å². The number of carbonyl (C=O) groups is 1. The Bertz CT molecular complexity index is 817. The lowest BCUT2D eigenvalue weighted by atomic mass is 10.0. The van der Waals surface area contributed by atoms with Crippen LogP contribution in [0, 0.1) is 5.82 Å². The number of halogens is 2. The van der Waals surface area contributed by atoms with Gasteiger partial charge in [0.05, 0.1) is 11.7 Å². The van der Waals surface area contributed by atoms with Crippen molar-refractivity contribution in [3.05, 3.63) is 71.0 Å². The van der Waals surface area contributed by atoms with Gasteiger partial charge in [-0.25, -0.2) is 9.18 Å². The molecule has 1 heterocycles. The highest BCUT2D eigenvalue weighted by Crippen LogP contribution is 2.35. The van der Waals surface area contributed by atoms with E-state index in [1.165, 1.54) is 11.0 Å². The quantitative estimate of drug-likeness (QED) is 0.865. The van der Waals surface area contributed by atoms with Gasteiger partial charge < -0.3 is 10.2 Å². The number of nitrogens with zero attached hydrogens (tertiary/aromatic N) is 2. The van der Waals surface area contributed by atoms with Crippen molar-refractivity contribution >= 4 is 29.0 Å². The van der Waals surface area contributed by atoms with Crippen LogP contribution >= 0.6 is 11.6 Å². The number of hydrogen-bond acceptors (Lipinski definition) is 2. The molecule has 0 unspecified atom stereocenters. The Kier molecular flexibility index (Phi) is 4.79. The molecule has 2 amide bonds. The summed E-state index contributed by atoms with van der Waals surface area (Å²) in [5.41, 5.74) is 2.52. The Labute approximate surface area is 151 Å².